The van der Waals surface area contributed by atoms with Crippen molar-refractivity contribution >= 4 is 56.4 Å². The molecule has 0 bridgehead atoms. The van der Waals surface area contributed by atoms with E-state index in [1.807, 2.05) is 6.07 Å². The Labute approximate surface area is 201 Å². The van der Waals surface area contributed by atoms with Crippen LogP contribution in [0.3, 0.4) is 0 Å². The molecular weight excluding hydrogens is 495 g/mol. The lowest BCUT2D eigenvalue weighted by atomic mass is 10.1. The lowest BCUT2D eigenvalue weighted by molar-refractivity contribution is -0.117. The van der Waals surface area contributed by atoms with E-state index in [0.717, 1.165) is 5.56 Å². The van der Waals surface area contributed by atoms with Crippen LogP contribution in [0.4, 0.5) is 5.69 Å². The van der Waals surface area contributed by atoms with Gasteiger partial charge in [0.2, 0.25) is 15.9 Å². The minimum absolute atomic E-state index is 0.0164. The van der Waals surface area contributed by atoms with Crippen molar-refractivity contribution in [1.82, 2.24) is 4.72 Å². The largest absolute Gasteiger partial charge is 0.495 e. The second kappa shape index (κ2) is 10.6. The van der Waals surface area contributed by atoms with Crippen LogP contribution in [0, 0.1) is 0 Å². The Bertz CT molecular complexity index is 1220. The van der Waals surface area contributed by atoms with Gasteiger partial charge in [-0.05, 0) is 48.4 Å². The molecule has 0 unspecified atom stereocenters. The Morgan fingerprint density at radius 2 is 1.62 bits per heavy atom. The van der Waals surface area contributed by atoms with Crippen molar-refractivity contribution in [2.75, 3.05) is 12.4 Å². The molecule has 3 aromatic rings. The molecule has 0 radical (unpaired) electrons. The first-order valence-corrected chi connectivity index (χ1v) is 12.0. The second-order valence-corrected chi connectivity index (χ2v) is 9.73. The molecule has 6 nitrogen and oxygen atoms in total. The normalized spacial score (nSPS) is 12.2. The number of benzene rings is 3. The van der Waals surface area contributed by atoms with Gasteiger partial charge < -0.3 is 10.1 Å². The van der Waals surface area contributed by atoms with E-state index in [2.05, 4.69) is 10.0 Å². The number of hydrogen-bond acceptors (Lipinski definition) is 4. The van der Waals surface area contributed by atoms with Crippen molar-refractivity contribution in [3.05, 3.63) is 87.4 Å². The molecule has 168 valence electrons. The summed E-state index contributed by atoms with van der Waals surface area (Å²) < 4.78 is 33.8. The lowest BCUT2D eigenvalue weighted by Gasteiger charge is -2.20. The first-order valence-electron chi connectivity index (χ1n) is 9.35. The molecule has 0 aliphatic carbocycles. The number of amides is 1. The molecule has 32 heavy (non-hydrogen) atoms. The maximum Gasteiger partial charge on any atom is 0.243 e. The fourth-order valence-electron chi connectivity index (χ4n) is 2.97. The fourth-order valence-corrected chi connectivity index (χ4v) is 5.10. The van der Waals surface area contributed by atoms with Crippen molar-refractivity contribution < 1.29 is 17.9 Å². The number of sulfonamides is 1. The molecule has 0 heterocycles. The van der Waals surface area contributed by atoms with Crippen LogP contribution in [0.25, 0.3) is 0 Å². The SMILES string of the molecule is COc1ccc(Cl)cc1NC(=O)[C@@H](Cc1ccccc1)NS(=O)(=O)c1cc(Cl)ccc1Cl. The molecule has 2 N–H and O–H groups in total. The van der Waals surface area contributed by atoms with Crippen LogP contribution >= 0.6 is 34.8 Å². The smallest absolute Gasteiger partial charge is 0.243 e. The second-order valence-electron chi connectivity index (χ2n) is 6.77. The van der Waals surface area contributed by atoms with Crippen LogP contribution < -0.4 is 14.8 Å². The topological polar surface area (TPSA) is 84.5 Å². The molecule has 3 rings (SSSR count). The zero-order chi connectivity index (χ0) is 23.3. The molecule has 0 spiro atoms. The number of carbonyl (C=O) groups is 1. The third kappa shape index (κ3) is 6.15. The van der Waals surface area contributed by atoms with Gasteiger partial charge in [0.25, 0.3) is 0 Å². The predicted molar refractivity (Wildman–Crippen MR) is 127 cm³/mol. The minimum Gasteiger partial charge on any atom is -0.495 e. The average Bonchev–Trinajstić information content (AvgIpc) is 2.75. The van der Waals surface area contributed by atoms with Gasteiger partial charge in [-0.2, -0.15) is 4.72 Å². The maximum absolute atomic E-state index is 13.2. The number of ether oxygens (including phenoxy) is 1. The van der Waals surface area contributed by atoms with Crippen molar-refractivity contribution in [2.24, 2.45) is 0 Å². The number of halogens is 3. The van der Waals surface area contributed by atoms with Gasteiger partial charge in [0.15, 0.2) is 0 Å². The summed E-state index contributed by atoms with van der Waals surface area (Å²) in [7, 11) is -2.73. The molecule has 3 aromatic carbocycles. The van der Waals surface area contributed by atoms with Gasteiger partial charge in [-0.1, -0.05) is 65.1 Å². The molecule has 0 aliphatic rings. The molecule has 0 aromatic heterocycles. The summed E-state index contributed by atoms with van der Waals surface area (Å²) in [4.78, 5) is 12.9. The molecule has 0 saturated heterocycles. The Morgan fingerprint density at radius 1 is 0.969 bits per heavy atom. The molecule has 0 saturated carbocycles. The Hall–Kier alpha value is -2.29. The summed E-state index contributed by atoms with van der Waals surface area (Å²) in [6.07, 6.45) is 0.0902. The van der Waals surface area contributed by atoms with Gasteiger partial charge in [0.1, 0.15) is 16.7 Å². The van der Waals surface area contributed by atoms with Gasteiger partial charge in [0.05, 0.1) is 17.8 Å². The summed E-state index contributed by atoms with van der Waals surface area (Å²) in [6, 6.07) is 16.6. The van der Waals surface area contributed by atoms with Crippen LogP contribution in [0.5, 0.6) is 5.75 Å². The highest BCUT2D eigenvalue weighted by molar-refractivity contribution is 7.89. The Kier molecular flexibility index (Phi) is 8.03. The molecule has 10 heteroatoms. The van der Waals surface area contributed by atoms with Gasteiger partial charge in [-0.3, -0.25) is 4.79 Å². The highest BCUT2D eigenvalue weighted by atomic mass is 35.5. The summed E-state index contributed by atoms with van der Waals surface area (Å²) in [5.41, 5.74) is 1.06. The number of rotatable bonds is 8. The molecule has 0 aliphatic heterocycles. The van der Waals surface area contributed by atoms with Crippen molar-refractivity contribution in [1.29, 1.82) is 0 Å². The van der Waals surface area contributed by atoms with Crippen LogP contribution in [0.2, 0.25) is 15.1 Å². The fraction of sp³-hybridized carbons (Fsp3) is 0.136. The van der Waals surface area contributed by atoms with Crippen molar-refractivity contribution in [2.45, 2.75) is 17.4 Å². The van der Waals surface area contributed by atoms with Gasteiger partial charge >= 0.3 is 0 Å². The summed E-state index contributed by atoms with van der Waals surface area (Å²) in [5.74, 6) is -0.224. The highest BCUT2D eigenvalue weighted by Gasteiger charge is 2.28. The average molecular weight is 514 g/mol. The van der Waals surface area contributed by atoms with Crippen LogP contribution in [0.1, 0.15) is 5.56 Å². The number of carbonyl (C=O) groups excluding carboxylic acids is 1. The number of hydrogen-bond donors (Lipinski definition) is 2. The maximum atomic E-state index is 13.2. The van der Waals surface area contributed by atoms with Crippen molar-refractivity contribution in [3.8, 4) is 5.75 Å². The zero-order valence-electron chi connectivity index (χ0n) is 16.8. The van der Waals surface area contributed by atoms with E-state index in [0.29, 0.717) is 16.5 Å². The van der Waals surface area contributed by atoms with E-state index in [-0.39, 0.29) is 21.4 Å². The molecule has 0 fully saturated rings. The standard InChI is InChI=1S/C22H19Cl3N2O4S/c1-31-20-10-8-15(23)12-18(20)26-22(28)19(11-14-5-3-2-4-6-14)27-32(29,30)21-13-16(24)7-9-17(21)25/h2-10,12-13,19,27H,11H2,1H3,(H,26,28)/t19-/m1/s1. The Balaban J connectivity index is 1.94. The third-order valence-corrected chi connectivity index (χ3v) is 6.92. The summed E-state index contributed by atoms with van der Waals surface area (Å²) >= 11 is 18.1. The molecular formula is C22H19Cl3N2O4S. The molecule has 1 atom stereocenters. The van der Waals surface area contributed by atoms with E-state index in [1.165, 1.54) is 31.4 Å². The van der Waals surface area contributed by atoms with Crippen LogP contribution in [-0.2, 0) is 21.2 Å². The van der Waals surface area contributed by atoms with E-state index >= 15 is 0 Å². The van der Waals surface area contributed by atoms with Crippen LogP contribution in [-0.4, -0.2) is 27.5 Å². The van der Waals surface area contributed by atoms with E-state index < -0.39 is 22.0 Å². The van der Waals surface area contributed by atoms with Gasteiger partial charge in [-0.25, -0.2) is 8.42 Å². The predicted octanol–water partition coefficient (Wildman–Crippen LogP) is 5.18. The van der Waals surface area contributed by atoms with Crippen LogP contribution in [0.15, 0.2) is 71.6 Å². The third-order valence-electron chi connectivity index (χ3n) is 4.50. The van der Waals surface area contributed by atoms with E-state index in [9.17, 15) is 13.2 Å². The number of nitrogens with one attached hydrogen (secondary N) is 2. The number of methoxy groups -OCH3 is 1. The quantitative estimate of drug-likeness (QED) is 0.434. The zero-order valence-corrected chi connectivity index (χ0v) is 19.9. The van der Waals surface area contributed by atoms with E-state index in [1.54, 1.807) is 36.4 Å². The number of anilines is 1. The van der Waals surface area contributed by atoms with Crippen molar-refractivity contribution in [3.63, 3.8) is 0 Å². The van der Waals surface area contributed by atoms with E-state index in [4.69, 9.17) is 39.5 Å². The summed E-state index contributed by atoms with van der Waals surface area (Å²) in [6.45, 7) is 0. The Morgan fingerprint density at radius 3 is 2.31 bits per heavy atom. The van der Waals surface area contributed by atoms with Gasteiger partial charge in [0, 0.05) is 10.0 Å². The van der Waals surface area contributed by atoms with Gasteiger partial charge in [-0.15, -0.1) is 0 Å². The first kappa shape index (κ1) is 24.4. The highest BCUT2D eigenvalue weighted by Crippen LogP contribution is 2.29. The molecule has 1 amide bonds. The minimum atomic E-state index is -4.18. The lowest BCUT2D eigenvalue weighted by Crippen LogP contribution is -2.45. The summed E-state index contributed by atoms with van der Waals surface area (Å²) in [5, 5.41) is 3.25. The first-order chi connectivity index (χ1) is 15.2. The monoisotopic (exact) mass is 512 g/mol.